The molecule has 0 saturated heterocycles. The molecule has 2 amide bonds. The van der Waals surface area contributed by atoms with E-state index in [1.54, 1.807) is 6.07 Å². The Morgan fingerprint density at radius 1 is 1.00 bits per heavy atom. The molecule has 220 valence electrons. The Kier molecular flexibility index (Phi) is 11.2. The van der Waals surface area contributed by atoms with E-state index in [0.717, 1.165) is 27.3 Å². The lowest BCUT2D eigenvalue weighted by molar-refractivity contribution is -0.140. The van der Waals surface area contributed by atoms with Gasteiger partial charge in [0.2, 0.25) is 21.8 Å². The van der Waals surface area contributed by atoms with Crippen molar-refractivity contribution in [3.63, 3.8) is 0 Å². The van der Waals surface area contributed by atoms with Crippen molar-refractivity contribution in [2.45, 2.75) is 39.8 Å². The van der Waals surface area contributed by atoms with Crippen molar-refractivity contribution < 1.29 is 22.7 Å². The van der Waals surface area contributed by atoms with Crippen molar-refractivity contribution >= 4 is 39.1 Å². The van der Waals surface area contributed by atoms with Crippen LogP contribution in [-0.4, -0.2) is 57.6 Å². The summed E-state index contributed by atoms with van der Waals surface area (Å²) in [5.41, 5.74) is 2.90. The molecule has 0 aromatic heterocycles. The lowest BCUT2D eigenvalue weighted by Gasteiger charge is -2.34. The summed E-state index contributed by atoms with van der Waals surface area (Å²) in [6, 6.07) is 20.7. The van der Waals surface area contributed by atoms with Gasteiger partial charge < -0.3 is 15.0 Å². The zero-order valence-corrected chi connectivity index (χ0v) is 25.7. The number of halogens is 1. The first-order chi connectivity index (χ1) is 19.4. The molecular formula is C31H38ClN3O5S. The van der Waals surface area contributed by atoms with E-state index < -0.39 is 28.5 Å². The van der Waals surface area contributed by atoms with Crippen LogP contribution >= 0.6 is 11.6 Å². The molecule has 3 rings (SSSR count). The predicted molar refractivity (Wildman–Crippen MR) is 164 cm³/mol. The highest BCUT2D eigenvalue weighted by Gasteiger charge is 2.33. The fourth-order valence-corrected chi connectivity index (χ4v) is 5.47. The molecule has 0 fully saturated rings. The topological polar surface area (TPSA) is 96.0 Å². The summed E-state index contributed by atoms with van der Waals surface area (Å²) in [5, 5.41) is 3.18. The number of benzene rings is 3. The molecule has 0 heterocycles. The van der Waals surface area contributed by atoms with E-state index >= 15 is 0 Å². The molecule has 10 heteroatoms. The predicted octanol–water partition coefficient (Wildman–Crippen LogP) is 4.84. The molecule has 0 radical (unpaired) electrons. The number of ether oxygens (including phenoxy) is 1. The number of carbonyl (C=O) groups is 2. The average molecular weight is 600 g/mol. The number of nitrogens with one attached hydrogen (secondary N) is 1. The number of anilines is 1. The Balaban J connectivity index is 2.07. The van der Waals surface area contributed by atoms with E-state index in [2.05, 4.69) is 5.32 Å². The summed E-state index contributed by atoms with van der Waals surface area (Å²) in [4.78, 5) is 29.3. The first-order valence-electron chi connectivity index (χ1n) is 13.4. The third-order valence-electron chi connectivity index (χ3n) is 6.66. The van der Waals surface area contributed by atoms with Gasteiger partial charge in [-0.2, -0.15) is 0 Å². The van der Waals surface area contributed by atoms with Crippen LogP contribution in [0.3, 0.4) is 0 Å². The fraction of sp³-hybridized carbons (Fsp3) is 0.355. The minimum atomic E-state index is -3.90. The molecule has 0 aliphatic carbocycles. The van der Waals surface area contributed by atoms with Gasteiger partial charge in [0, 0.05) is 19.5 Å². The van der Waals surface area contributed by atoms with E-state index in [1.807, 2.05) is 75.4 Å². The maximum atomic E-state index is 14.2. The third-order valence-corrected chi connectivity index (χ3v) is 8.10. The van der Waals surface area contributed by atoms with Crippen LogP contribution in [0.2, 0.25) is 5.02 Å². The second kappa shape index (κ2) is 14.4. The second-order valence-electron chi connectivity index (χ2n) is 10.4. The number of carbonyl (C=O) groups excluding carboxylic acids is 2. The number of methoxy groups -OCH3 is 1. The smallest absolute Gasteiger partial charge is 0.244 e. The molecule has 0 aliphatic rings. The summed E-state index contributed by atoms with van der Waals surface area (Å²) in [6.07, 6.45) is 1.29. The Bertz CT molecular complexity index is 1450. The maximum absolute atomic E-state index is 14.2. The summed E-state index contributed by atoms with van der Waals surface area (Å²) >= 11 is 6.30. The van der Waals surface area contributed by atoms with Crippen LogP contribution in [0.25, 0.3) is 0 Å². The normalized spacial score (nSPS) is 12.1. The molecule has 3 aromatic rings. The van der Waals surface area contributed by atoms with Crippen molar-refractivity contribution in [2.75, 3.05) is 30.8 Å². The average Bonchev–Trinajstić information content (AvgIpc) is 2.93. The van der Waals surface area contributed by atoms with E-state index in [9.17, 15) is 18.0 Å². The van der Waals surface area contributed by atoms with Crippen LogP contribution in [-0.2, 0) is 32.6 Å². The van der Waals surface area contributed by atoms with Crippen LogP contribution in [0.1, 0.15) is 30.5 Å². The van der Waals surface area contributed by atoms with E-state index in [0.29, 0.717) is 12.3 Å². The number of sulfonamides is 1. The molecule has 0 bridgehead atoms. The second-order valence-corrected chi connectivity index (χ2v) is 12.7. The lowest BCUT2D eigenvalue weighted by atomic mass is 10.0. The SMILES string of the molecule is COc1ccc(N(CC(=O)N(Cc2ccccc2C)[C@H](Cc2ccccc2)C(=O)NCC(C)C)S(C)(=O)=O)cc1Cl. The quantitative estimate of drug-likeness (QED) is 0.303. The third kappa shape index (κ3) is 8.96. The number of hydrogen-bond donors (Lipinski definition) is 1. The Hall–Kier alpha value is -3.56. The Labute approximate surface area is 248 Å². The van der Waals surface area contributed by atoms with Gasteiger partial charge in [-0.1, -0.05) is 80.0 Å². The fourth-order valence-electron chi connectivity index (χ4n) is 4.37. The summed E-state index contributed by atoms with van der Waals surface area (Å²) < 4.78 is 32.1. The van der Waals surface area contributed by atoms with E-state index in [1.165, 1.54) is 24.1 Å². The van der Waals surface area contributed by atoms with Gasteiger partial charge in [0.25, 0.3) is 0 Å². The van der Waals surface area contributed by atoms with E-state index in [4.69, 9.17) is 16.3 Å². The number of rotatable bonds is 13. The number of aryl methyl sites for hydroxylation is 1. The van der Waals surface area contributed by atoms with Gasteiger partial charge in [-0.25, -0.2) is 8.42 Å². The zero-order valence-electron chi connectivity index (χ0n) is 24.1. The van der Waals surface area contributed by atoms with E-state index in [-0.39, 0.29) is 35.5 Å². The first kappa shape index (κ1) is 32.0. The van der Waals surface area contributed by atoms with Gasteiger partial charge in [-0.15, -0.1) is 0 Å². The van der Waals surface area contributed by atoms with Crippen LogP contribution in [0.15, 0.2) is 72.8 Å². The molecule has 0 saturated carbocycles. The number of hydrogen-bond acceptors (Lipinski definition) is 5. The highest BCUT2D eigenvalue weighted by molar-refractivity contribution is 7.92. The maximum Gasteiger partial charge on any atom is 0.244 e. The van der Waals surface area contributed by atoms with Gasteiger partial charge in [0.15, 0.2) is 0 Å². The lowest BCUT2D eigenvalue weighted by Crippen LogP contribution is -2.53. The molecular weight excluding hydrogens is 562 g/mol. The number of nitrogens with zero attached hydrogens (tertiary/aromatic N) is 2. The molecule has 1 N–H and O–H groups in total. The van der Waals surface area contributed by atoms with Crippen molar-refractivity contribution in [1.29, 1.82) is 0 Å². The van der Waals surface area contributed by atoms with Crippen LogP contribution in [0.4, 0.5) is 5.69 Å². The van der Waals surface area contributed by atoms with Crippen LogP contribution in [0.5, 0.6) is 5.75 Å². The monoisotopic (exact) mass is 599 g/mol. The van der Waals surface area contributed by atoms with Gasteiger partial charge >= 0.3 is 0 Å². The van der Waals surface area contributed by atoms with Crippen molar-refractivity contribution in [2.24, 2.45) is 5.92 Å². The summed E-state index contributed by atoms with van der Waals surface area (Å²) in [5.74, 6) is -0.243. The van der Waals surface area contributed by atoms with Crippen molar-refractivity contribution in [1.82, 2.24) is 10.2 Å². The molecule has 0 unspecified atom stereocenters. The molecule has 41 heavy (non-hydrogen) atoms. The molecule has 0 aliphatic heterocycles. The molecule has 8 nitrogen and oxygen atoms in total. The Morgan fingerprint density at radius 3 is 2.24 bits per heavy atom. The highest BCUT2D eigenvalue weighted by Crippen LogP contribution is 2.30. The zero-order chi connectivity index (χ0) is 30.2. The van der Waals surface area contributed by atoms with Crippen LogP contribution in [0, 0.1) is 12.8 Å². The van der Waals surface area contributed by atoms with Gasteiger partial charge in [0.05, 0.1) is 24.1 Å². The summed E-state index contributed by atoms with van der Waals surface area (Å²) in [6.45, 7) is 5.97. The summed E-state index contributed by atoms with van der Waals surface area (Å²) in [7, 11) is -2.45. The van der Waals surface area contributed by atoms with Crippen molar-refractivity contribution in [3.05, 3.63) is 94.5 Å². The van der Waals surface area contributed by atoms with Crippen molar-refractivity contribution in [3.8, 4) is 5.75 Å². The highest BCUT2D eigenvalue weighted by atomic mass is 35.5. The van der Waals surface area contributed by atoms with Gasteiger partial charge in [-0.3, -0.25) is 13.9 Å². The first-order valence-corrected chi connectivity index (χ1v) is 15.6. The molecule has 0 spiro atoms. The molecule has 1 atom stereocenters. The molecule has 3 aromatic carbocycles. The van der Waals surface area contributed by atoms with Gasteiger partial charge in [-0.05, 0) is 47.7 Å². The minimum Gasteiger partial charge on any atom is -0.495 e. The number of amides is 2. The standard InChI is InChI=1S/C31H38ClN3O5S/c1-22(2)19-33-31(37)28(17-24-12-7-6-8-13-24)34(20-25-14-10-9-11-23(25)3)30(36)21-35(41(5,38)39)26-15-16-29(40-4)27(32)18-26/h6-16,18,22,28H,17,19-21H2,1-5H3,(H,33,37)/t28-/m1/s1. The minimum absolute atomic E-state index is 0.124. The van der Waals surface area contributed by atoms with Crippen LogP contribution < -0.4 is 14.4 Å². The van der Waals surface area contributed by atoms with Gasteiger partial charge in [0.1, 0.15) is 18.3 Å². The largest absolute Gasteiger partial charge is 0.495 e. The Morgan fingerprint density at radius 2 is 1.66 bits per heavy atom.